The molecule has 1 aliphatic carbocycles. The van der Waals surface area contributed by atoms with E-state index in [1.807, 2.05) is 14.0 Å². The Balaban J connectivity index is 1.69. The quantitative estimate of drug-likeness (QED) is 0.828. The maximum Gasteiger partial charge on any atom is 0.315 e. The summed E-state index contributed by atoms with van der Waals surface area (Å²) in [6, 6.07) is 0.643. The van der Waals surface area contributed by atoms with Crippen molar-refractivity contribution in [2.45, 2.75) is 52.0 Å². The average Bonchev–Trinajstić information content (AvgIpc) is 2.89. The second kappa shape index (κ2) is 6.89. The van der Waals surface area contributed by atoms with Crippen LogP contribution in [0.3, 0.4) is 0 Å². The maximum atomic E-state index is 5.55. The number of hydrogen-bond donors (Lipinski definition) is 2. The largest absolute Gasteiger partial charge is 0.406 e. The summed E-state index contributed by atoms with van der Waals surface area (Å²) in [5.74, 6) is 2.42. The van der Waals surface area contributed by atoms with E-state index in [1.165, 1.54) is 32.1 Å². The first kappa shape index (κ1) is 14.3. The van der Waals surface area contributed by atoms with Gasteiger partial charge in [-0.1, -0.05) is 37.7 Å². The molecule has 0 aliphatic heterocycles. The van der Waals surface area contributed by atoms with Crippen molar-refractivity contribution in [1.82, 2.24) is 15.5 Å². The highest BCUT2D eigenvalue weighted by Crippen LogP contribution is 2.30. The van der Waals surface area contributed by atoms with Crippen LogP contribution in [0.1, 0.15) is 57.9 Å². The lowest BCUT2D eigenvalue weighted by atomic mass is 9.81. The Morgan fingerprint density at radius 3 is 2.68 bits per heavy atom. The molecule has 1 unspecified atom stereocenters. The molecule has 1 aliphatic rings. The monoisotopic (exact) mass is 266 g/mol. The molecule has 0 radical (unpaired) electrons. The lowest BCUT2D eigenvalue weighted by molar-refractivity contribution is 0.281. The number of anilines is 1. The van der Waals surface area contributed by atoms with E-state index in [9.17, 15) is 0 Å². The smallest absolute Gasteiger partial charge is 0.315 e. The summed E-state index contributed by atoms with van der Waals surface area (Å²) in [6.07, 6.45) is 6.71. The zero-order chi connectivity index (χ0) is 13.7. The topological polar surface area (TPSA) is 63.0 Å². The van der Waals surface area contributed by atoms with Crippen LogP contribution in [0.5, 0.6) is 0 Å². The molecule has 5 heteroatoms. The molecule has 0 bridgehead atoms. The molecular formula is C14H26N4O. The fourth-order valence-corrected chi connectivity index (χ4v) is 2.61. The van der Waals surface area contributed by atoms with Crippen LogP contribution in [0.15, 0.2) is 4.42 Å². The second-order valence-corrected chi connectivity index (χ2v) is 5.80. The molecular weight excluding hydrogens is 240 g/mol. The van der Waals surface area contributed by atoms with E-state index in [0.29, 0.717) is 11.9 Å². The number of nitrogens with zero attached hydrogens (tertiary/aromatic N) is 2. The molecule has 2 rings (SSSR count). The average molecular weight is 266 g/mol. The summed E-state index contributed by atoms with van der Waals surface area (Å²) < 4.78 is 5.55. The maximum absolute atomic E-state index is 5.55. The lowest BCUT2D eigenvalue weighted by Crippen LogP contribution is -2.15. The van der Waals surface area contributed by atoms with Crippen LogP contribution in [-0.2, 0) is 0 Å². The summed E-state index contributed by atoms with van der Waals surface area (Å²) >= 11 is 0. The first-order valence-electron chi connectivity index (χ1n) is 7.43. The molecule has 0 aromatic carbocycles. The molecule has 0 spiro atoms. The van der Waals surface area contributed by atoms with E-state index in [-0.39, 0.29) is 6.04 Å². The SMILES string of the molecule is CNC(C)c1nnc(NCCC2CCC(C)CC2)o1. The van der Waals surface area contributed by atoms with E-state index >= 15 is 0 Å². The number of hydrogen-bond acceptors (Lipinski definition) is 5. The van der Waals surface area contributed by atoms with E-state index < -0.39 is 0 Å². The third kappa shape index (κ3) is 4.20. The minimum atomic E-state index is 0.0999. The molecule has 1 atom stereocenters. The standard InChI is InChI=1S/C14H26N4O/c1-10-4-6-12(7-5-10)8-9-16-14-18-17-13(19-14)11(2)15-3/h10-12,15H,4-9H2,1-3H3,(H,16,18). The molecule has 19 heavy (non-hydrogen) atoms. The predicted molar refractivity (Wildman–Crippen MR) is 76.0 cm³/mol. The van der Waals surface area contributed by atoms with E-state index in [0.717, 1.165) is 18.4 Å². The zero-order valence-corrected chi connectivity index (χ0v) is 12.3. The van der Waals surface area contributed by atoms with Gasteiger partial charge < -0.3 is 15.1 Å². The Kier molecular flexibility index (Phi) is 5.19. The van der Waals surface area contributed by atoms with Crippen molar-refractivity contribution in [3.63, 3.8) is 0 Å². The van der Waals surface area contributed by atoms with Gasteiger partial charge in [-0.15, -0.1) is 5.10 Å². The summed E-state index contributed by atoms with van der Waals surface area (Å²) in [6.45, 7) is 5.28. The molecule has 5 nitrogen and oxygen atoms in total. The highest BCUT2D eigenvalue weighted by molar-refractivity contribution is 5.17. The molecule has 0 saturated heterocycles. The van der Waals surface area contributed by atoms with Crippen LogP contribution in [-0.4, -0.2) is 23.8 Å². The van der Waals surface area contributed by atoms with Gasteiger partial charge in [-0.05, 0) is 32.2 Å². The second-order valence-electron chi connectivity index (χ2n) is 5.80. The molecule has 0 amide bonds. The summed E-state index contributed by atoms with van der Waals surface area (Å²) in [5.41, 5.74) is 0. The summed E-state index contributed by atoms with van der Waals surface area (Å²) in [7, 11) is 1.88. The van der Waals surface area contributed by atoms with Gasteiger partial charge in [0.25, 0.3) is 0 Å². The zero-order valence-electron chi connectivity index (χ0n) is 12.3. The van der Waals surface area contributed by atoms with Gasteiger partial charge in [0.05, 0.1) is 6.04 Å². The van der Waals surface area contributed by atoms with Gasteiger partial charge in [-0.25, -0.2) is 0 Å². The van der Waals surface area contributed by atoms with Gasteiger partial charge in [-0.3, -0.25) is 0 Å². The van der Waals surface area contributed by atoms with Gasteiger partial charge >= 0.3 is 6.01 Å². The fourth-order valence-electron chi connectivity index (χ4n) is 2.61. The van der Waals surface area contributed by atoms with Crippen molar-refractivity contribution in [3.05, 3.63) is 5.89 Å². The van der Waals surface area contributed by atoms with Crippen molar-refractivity contribution in [2.75, 3.05) is 18.9 Å². The molecule has 1 saturated carbocycles. The molecule has 1 heterocycles. The van der Waals surface area contributed by atoms with Gasteiger partial charge in [0.15, 0.2) is 0 Å². The predicted octanol–water partition coefficient (Wildman–Crippen LogP) is 2.98. The Morgan fingerprint density at radius 1 is 1.26 bits per heavy atom. The third-order valence-corrected chi connectivity index (χ3v) is 4.21. The number of nitrogens with one attached hydrogen (secondary N) is 2. The Labute approximate surface area is 115 Å². The van der Waals surface area contributed by atoms with Crippen molar-refractivity contribution in [3.8, 4) is 0 Å². The molecule has 1 aromatic heterocycles. The minimum Gasteiger partial charge on any atom is -0.406 e. The van der Waals surface area contributed by atoms with Gasteiger partial charge in [0.1, 0.15) is 0 Å². The fraction of sp³-hybridized carbons (Fsp3) is 0.857. The molecule has 2 N–H and O–H groups in total. The van der Waals surface area contributed by atoms with Crippen LogP contribution in [0.25, 0.3) is 0 Å². The van der Waals surface area contributed by atoms with Crippen molar-refractivity contribution < 1.29 is 4.42 Å². The van der Waals surface area contributed by atoms with Crippen molar-refractivity contribution in [2.24, 2.45) is 11.8 Å². The van der Waals surface area contributed by atoms with Crippen LogP contribution in [0.4, 0.5) is 6.01 Å². The van der Waals surface area contributed by atoms with E-state index in [1.54, 1.807) is 0 Å². The molecule has 108 valence electrons. The van der Waals surface area contributed by atoms with Crippen LogP contribution in [0, 0.1) is 11.8 Å². The lowest BCUT2D eigenvalue weighted by Gasteiger charge is -2.25. The first-order chi connectivity index (χ1) is 9.19. The third-order valence-electron chi connectivity index (χ3n) is 4.21. The van der Waals surface area contributed by atoms with E-state index in [2.05, 4.69) is 27.8 Å². The molecule has 1 aromatic rings. The summed E-state index contributed by atoms with van der Waals surface area (Å²) in [5, 5.41) is 14.3. The van der Waals surface area contributed by atoms with Crippen molar-refractivity contribution >= 4 is 6.01 Å². The van der Waals surface area contributed by atoms with Crippen LogP contribution in [0.2, 0.25) is 0 Å². The Morgan fingerprint density at radius 2 is 2.00 bits per heavy atom. The van der Waals surface area contributed by atoms with Gasteiger partial charge in [0.2, 0.25) is 5.89 Å². The number of rotatable bonds is 6. The molecule has 1 fully saturated rings. The number of aromatic nitrogens is 2. The summed E-state index contributed by atoms with van der Waals surface area (Å²) in [4.78, 5) is 0. The van der Waals surface area contributed by atoms with E-state index in [4.69, 9.17) is 4.42 Å². The Hall–Kier alpha value is -1.10. The first-order valence-corrected chi connectivity index (χ1v) is 7.43. The highest BCUT2D eigenvalue weighted by Gasteiger charge is 2.18. The van der Waals surface area contributed by atoms with Crippen molar-refractivity contribution in [1.29, 1.82) is 0 Å². The van der Waals surface area contributed by atoms with Gasteiger partial charge in [0, 0.05) is 6.54 Å². The van der Waals surface area contributed by atoms with Crippen LogP contribution >= 0.6 is 0 Å². The minimum absolute atomic E-state index is 0.0999. The van der Waals surface area contributed by atoms with Gasteiger partial charge in [-0.2, -0.15) is 0 Å². The highest BCUT2D eigenvalue weighted by atomic mass is 16.4. The normalized spacial score (nSPS) is 25.2. The Bertz CT molecular complexity index is 371. The van der Waals surface area contributed by atoms with Crippen LogP contribution < -0.4 is 10.6 Å².